The lowest BCUT2D eigenvalue weighted by atomic mass is 10.1. The number of nitriles is 1. The molecule has 0 saturated heterocycles. The van der Waals surface area contributed by atoms with Crippen molar-refractivity contribution < 1.29 is 9.13 Å². The highest BCUT2D eigenvalue weighted by Gasteiger charge is 2.25. The molecule has 0 atom stereocenters. The van der Waals surface area contributed by atoms with Crippen LogP contribution in [0.3, 0.4) is 0 Å². The molecular formula is C13H11FN2OS. The first-order chi connectivity index (χ1) is 8.53. The van der Waals surface area contributed by atoms with Crippen molar-refractivity contribution in [1.29, 1.82) is 5.26 Å². The predicted molar refractivity (Wildman–Crippen MR) is 67.2 cm³/mol. The van der Waals surface area contributed by atoms with Gasteiger partial charge in [-0.25, -0.2) is 9.37 Å². The zero-order valence-electron chi connectivity index (χ0n) is 9.98. The summed E-state index contributed by atoms with van der Waals surface area (Å²) in [5.41, 5.74) is 0.789. The second kappa shape index (κ2) is 4.75. The van der Waals surface area contributed by atoms with E-state index in [2.05, 4.69) is 4.98 Å². The molecule has 0 aliphatic rings. The van der Waals surface area contributed by atoms with Crippen molar-refractivity contribution in [1.82, 2.24) is 4.98 Å². The standard InChI is InChI=1S/C13H11FN2OS/c1-13(2,17-8-15)11-7-18-12(16-11)9-3-5-10(14)6-4-9/h3-7H,1-2H3. The maximum absolute atomic E-state index is 12.8. The molecule has 0 spiro atoms. The van der Waals surface area contributed by atoms with E-state index in [4.69, 9.17) is 10.00 Å². The van der Waals surface area contributed by atoms with E-state index in [1.807, 2.05) is 5.38 Å². The largest absolute Gasteiger partial charge is 0.415 e. The minimum Gasteiger partial charge on any atom is -0.415 e. The highest BCUT2D eigenvalue weighted by atomic mass is 32.1. The molecule has 5 heteroatoms. The number of halogens is 1. The van der Waals surface area contributed by atoms with Gasteiger partial charge in [0.05, 0.1) is 5.69 Å². The Morgan fingerprint density at radius 3 is 2.61 bits per heavy atom. The minimum absolute atomic E-state index is 0.274. The first-order valence-corrected chi connectivity index (χ1v) is 6.20. The van der Waals surface area contributed by atoms with Crippen LogP contribution in [0.2, 0.25) is 0 Å². The fourth-order valence-corrected chi connectivity index (χ4v) is 2.42. The summed E-state index contributed by atoms with van der Waals surface area (Å²) in [5.74, 6) is -0.274. The van der Waals surface area contributed by atoms with E-state index in [-0.39, 0.29) is 5.82 Å². The zero-order valence-corrected chi connectivity index (χ0v) is 10.8. The summed E-state index contributed by atoms with van der Waals surface area (Å²) >= 11 is 1.44. The molecule has 1 heterocycles. The van der Waals surface area contributed by atoms with Crippen molar-refractivity contribution in [2.45, 2.75) is 19.4 Å². The number of hydrogen-bond donors (Lipinski definition) is 0. The Hall–Kier alpha value is -1.93. The van der Waals surface area contributed by atoms with Gasteiger partial charge < -0.3 is 4.74 Å². The van der Waals surface area contributed by atoms with Gasteiger partial charge in [-0.2, -0.15) is 5.26 Å². The fraction of sp³-hybridized carbons (Fsp3) is 0.231. The normalized spacial score (nSPS) is 11.0. The molecule has 0 aliphatic heterocycles. The summed E-state index contributed by atoms with van der Waals surface area (Å²) < 4.78 is 17.8. The van der Waals surface area contributed by atoms with Crippen LogP contribution in [0.4, 0.5) is 4.39 Å². The van der Waals surface area contributed by atoms with Crippen LogP contribution in [0, 0.1) is 17.3 Å². The van der Waals surface area contributed by atoms with E-state index in [1.165, 1.54) is 23.5 Å². The van der Waals surface area contributed by atoms with E-state index in [9.17, 15) is 4.39 Å². The number of ether oxygens (including phenoxy) is 1. The lowest BCUT2D eigenvalue weighted by Crippen LogP contribution is -2.19. The second-order valence-corrected chi connectivity index (χ2v) is 5.11. The monoisotopic (exact) mass is 262 g/mol. The highest BCUT2D eigenvalue weighted by molar-refractivity contribution is 7.13. The first-order valence-electron chi connectivity index (χ1n) is 5.32. The summed E-state index contributed by atoms with van der Waals surface area (Å²) in [5, 5.41) is 11.2. The topological polar surface area (TPSA) is 45.9 Å². The zero-order chi connectivity index (χ0) is 13.2. The smallest absolute Gasteiger partial charge is 0.287 e. The van der Waals surface area contributed by atoms with Crippen molar-refractivity contribution in [2.24, 2.45) is 0 Å². The van der Waals surface area contributed by atoms with Gasteiger partial charge in [-0.1, -0.05) is 0 Å². The predicted octanol–water partition coefficient (Wildman–Crippen LogP) is 3.68. The summed E-state index contributed by atoms with van der Waals surface area (Å²) in [6, 6.07) is 6.15. The van der Waals surface area contributed by atoms with Gasteiger partial charge in [-0.3, -0.25) is 0 Å². The average Bonchev–Trinajstić information content (AvgIpc) is 2.80. The Balaban J connectivity index is 2.31. The van der Waals surface area contributed by atoms with Gasteiger partial charge in [0, 0.05) is 10.9 Å². The van der Waals surface area contributed by atoms with E-state index in [0.717, 1.165) is 10.6 Å². The number of hydrogen-bond acceptors (Lipinski definition) is 4. The Kier molecular flexibility index (Phi) is 3.30. The second-order valence-electron chi connectivity index (χ2n) is 4.25. The lowest BCUT2D eigenvalue weighted by Gasteiger charge is -2.18. The average molecular weight is 262 g/mol. The maximum atomic E-state index is 12.8. The Morgan fingerprint density at radius 2 is 2.00 bits per heavy atom. The third kappa shape index (κ3) is 2.49. The van der Waals surface area contributed by atoms with Crippen LogP contribution in [0.15, 0.2) is 29.6 Å². The van der Waals surface area contributed by atoms with Crippen molar-refractivity contribution in [3.05, 3.63) is 41.2 Å². The molecule has 2 aromatic rings. The lowest BCUT2D eigenvalue weighted by molar-refractivity contribution is 0.0665. The van der Waals surface area contributed by atoms with Gasteiger partial charge in [0.25, 0.3) is 6.26 Å². The van der Waals surface area contributed by atoms with Crippen LogP contribution in [0.25, 0.3) is 10.6 Å². The molecule has 0 N–H and O–H groups in total. The van der Waals surface area contributed by atoms with Gasteiger partial charge >= 0.3 is 0 Å². The molecule has 3 nitrogen and oxygen atoms in total. The molecular weight excluding hydrogens is 251 g/mol. The fourth-order valence-electron chi connectivity index (χ4n) is 1.44. The van der Waals surface area contributed by atoms with Crippen LogP contribution in [0.5, 0.6) is 0 Å². The molecule has 92 valence electrons. The number of thiazole rings is 1. The Labute approximate surface area is 108 Å². The quantitative estimate of drug-likeness (QED) is 0.793. The van der Waals surface area contributed by atoms with E-state index >= 15 is 0 Å². The van der Waals surface area contributed by atoms with Gasteiger partial charge in [-0.05, 0) is 38.1 Å². The van der Waals surface area contributed by atoms with Crippen LogP contribution in [-0.2, 0) is 10.3 Å². The third-order valence-corrected chi connectivity index (χ3v) is 3.40. The number of rotatable bonds is 3. The van der Waals surface area contributed by atoms with Crippen LogP contribution < -0.4 is 0 Å². The first kappa shape index (κ1) is 12.5. The molecule has 0 bridgehead atoms. The van der Waals surface area contributed by atoms with Crippen LogP contribution in [-0.4, -0.2) is 4.98 Å². The van der Waals surface area contributed by atoms with Crippen molar-refractivity contribution in [3.63, 3.8) is 0 Å². The van der Waals surface area contributed by atoms with Crippen molar-refractivity contribution >= 4 is 11.3 Å². The molecule has 0 radical (unpaired) electrons. The van der Waals surface area contributed by atoms with E-state index < -0.39 is 5.60 Å². The summed E-state index contributed by atoms with van der Waals surface area (Å²) in [7, 11) is 0. The molecule has 1 aromatic carbocycles. The Bertz CT molecular complexity index is 584. The molecule has 2 rings (SSSR count). The van der Waals surface area contributed by atoms with Crippen LogP contribution >= 0.6 is 11.3 Å². The highest BCUT2D eigenvalue weighted by Crippen LogP contribution is 2.30. The van der Waals surface area contributed by atoms with Gasteiger partial charge in [0.1, 0.15) is 10.8 Å². The molecule has 0 amide bonds. The van der Waals surface area contributed by atoms with E-state index in [1.54, 1.807) is 32.2 Å². The van der Waals surface area contributed by atoms with Gasteiger partial charge in [0.2, 0.25) is 0 Å². The van der Waals surface area contributed by atoms with Crippen molar-refractivity contribution in [2.75, 3.05) is 0 Å². The van der Waals surface area contributed by atoms with E-state index in [0.29, 0.717) is 5.69 Å². The third-order valence-electron chi connectivity index (χ3n) is 2.51. The number of benzene rings is 1. The minimum atomic E-state index is -0.746. The summed E-state index contributed by atoms with van der Waals surface area (Å²) in [6.45, 7) is 3.55. The molecule has 0 aliphatic carbocycles. The van der Waals surface area contributed by atoms with Gasteiger partial charge in [-0.15, -0.1) is 11.3 Å². The van der Waals surface area contributed by atoms with Gasteiger partial charge in [0.15, 0.2) is 5.60 Å². The van der Waals surface area contributed by atoms with Crippen molar-refractivity contribution in [3.8, 4) is 16.8 Å². The SMILES string of the molecule is CC(C)(OC#N)c1csc(-c2ccc(F)cc2)n1. The molecule has 18 heavy (non-hydrogen) atoms. The Morgan fingerprint density at radius 1 is 1.33 bits per heavy atom. The molecule has 0 fully saturated rings. The maximum Gasteiger partial charge on any atom is 0.287 e. The number of nitrogens with zero attached hydrogens (tertiary/aromatic N) is 2. The van der Waals surface area contributed by atoms with Crippen LogP contribution in [0.1, 0.15) is 19.5 Å². The molecule has 0 unspecified atom stereocenters. The molecule has 0 saturated carbocycles. The number of aromatic nitrogens is 1. The summed E-state index contributed by atoms with van der Waals surface area (Å²) in [4.78, 5) is 4.42. The molecule has 1 aromatic heterocycles. The summed E-state index contributed by atoms with van der Waals surface area (Å²) in [6.07, 6.45) is 1.68.